The Morgan fingerprint density at radius 2 is 2.43 bits per heavy atom. The van der Waals surface area contributed by atoms with Crippen LogP contribution in [0.25, 0.3) is 0 Å². The molecule has 0 bridgehead atoms. The van der Waals surface area contributed by atoms with E-state index in [1.165, 1.54) is 0 Å². The molecule has 0 saturated carbocycles. The van der Waals surface area contributed by atoms with Gasteiger partial charge in [-0.1, -0.05) is 13.3 Å². The van der Waals surface area contributed by atoms with Crippen LogP contribution < -0.4 is 5.73 Å². The standard InChI is InChI=1S/C10H20N2O2/c1-2-8(6-11)5-10(14)12-4-3-9(13)7-12/h8-9,13H,2-7,11H2,1H3/t8?,9-/m0/s1. The Kier molecular flexibility index (Phi) is 4.35. The van der Waals surface area contributed by atoms with Crippen LogP contribution in [0.15, 0.2) is 0 Å². The van der Waals surface area contributed by atoms with Crippen molar-refractivity contribution < 1.29 is 9.90 Å². The molecule has 82 valence electrons. The van der Waals surface area contributed by atoms with Crippen molar-refractivity contribution in [3.05, 3.63) is 0 Å². The molecule has 1 saturated heterocycles. The summed E-state index contributed by atoms with van der Waals surface area (Å²) >= 11 is 0. The van der Waals surface area contributed by atoms with Gasteiger partial charge >= 0.3 is 0 Å². The minimum absolute atomic E-state index is 0.138. The van der Waals surface area contributed by atoms with Gasteiger partial charge in [-0.2, -0.15) is 0 Å². The summed E-state index contributed by atoms with van der Waals surface area (Å²) in [7, 11) is 0. The highest BCUT2D eigenvalue weighted by Crippen LogP contribution is 2.14. The van der Waals surface area contributed by atoms with Crippen LogP contribution in [0.5, 0.6) is 0 Å². The second-order valence-electron chi connectivity index (χ2n) is 4.00. The zero-order valence-electron chi connectivity index (χ0n) is 8.78. The van der Waals surface area contributed by atoms with E-state index >= 15 is 0 Å². The molecule has 0 aromatic rings. The topological polar surface area (TPSA) is 66.6 Å². The molecule has 1 amide bonds. The number of nitrogens with zero attached hydrogens (tertiary/aromatic N) is 1. The number of carbonyl (C=O) groups is 1. The van der Waals surface area contributed by atoms with E-state index in [0.717, 1.165) is 6.42 Å². The summed E-state index contributed by atoms with van der Waals surface area (Å²) in [6.45, 7) is 3.81. The lowest BCUT2D eigenvalue weighted by Crippen LogP contribution is -2.32. The second-order valence-corrected chi connectivity index (χ2v) is 4.00. The number of nitrogens with two attached hydrogens (primary N) is 1. The van der Waals surface area contributed by atoms with Crippen molar-refractivity contribution in [3.63, 3.8) is 0 Å². The first-order valence-corrected chi connectivity index (χ1v) is 5.33. The minimum Gasteiger partial charge on any atom is -0.391 e. The molecular weight excluding hydrogens is 180 g/mol. The molecule has 0 spiro atoms. The Labute approximate surface area is 85.1 Å². The lowest BCUT2D eigenvalue weighted by Gasteiger charge is -2.18. The predicted octanol–water partition coefficient (Wildman–Crippen LogP) is -0.0454. The van der Waals surface area contributed by atoms with E-state index in [-0.39, 0.29) is 12.0 Å². The monoisotopic (exact) mass is 200 g/mol. The van der Waals surface area contributed by atoms with Crippen molar-refractivity contribution in [1.29, 1.82) is 0 Å². The molecule has 4 nitrogen and oxygen atoms in total. The largest absolute Gasteiger partial charge is 0.391 e. The summed E-state index contributed by atoms with van der Waals surface area (Å²) in [4.78, 5) is 13.4. The summed E-state index contributed by atoms with van der Waals surface area (Å²) < 4.78 is 0. The average molecular weight is 200 g/mol. The van der Waals surface area contributed by atoms with E-state index in [1.54, 1.807) is 4.90 Å². The Bertz CT molecular complexity index is 193. The highest BCUT2D eigenvalue weighted by atomic mass is 16.3. The number of rotatable bonds is 4. The molecule has 3 N–H and O–H groups in total. The number of aliphatic hydroxyl groups excluding tert-OH is 1. The summed E-state index contributed by atoms with van der Waals surface area (Å²) in [5, 5.41) is 9.28. The normalized spacial score (nSPS) is 23.9. The van der Waals surface area contributed by atoms with Crippen LogP contribution in [0.2, 0.25) is 0 Å². The van der Waals surface area contributed by atoms with Crippen molar-refractivity contribution in [2.75, 3.05) is 19.6 Å². The highest BCUT2D eigenvalue weighted by molar-refractivity contribution is 5.76. The van der Waals surface area contributed by atoms with Gasteiger partial charge in [0.2, 0.25) is 5.91 Å². The van der Waals surface area contributed by atoms with Gasteiger partial charge in [0.25, 0.3) is 0 Å². The molecule has 1 rings (SSSR count). The van der Waals surface area contributed by atoms with Gasteiger partial charge in [0.15, 0.2) is 0 Å². The van der Waals surface area contributed by atoms with E-state index in [4.69, 9.17) is 5.73 Å². The molecule has 0 radical (unpaired) electrons. The number of hydrogen-bond donors (Lipinski definition) is 2. The van der Waals surface area contributed by atoms with E-state index in [9.17, 15) is 9.90 Å². The summed E-state index contributed by atoms with van der Waals surface area (Å²) in [5.41, 5.74) is 5.54. The van der Waals surface area contributed by atoms with Gasteiger partial charge in [-0.3, -0.25) is 4.79 Å². The molecule has 0 aromatic heterocycles. The minimum atomic E-state index is -0.322. The third kappa shape index (κ3) is 2.96. The van der Waals surface area contributed by atoms with E-state index in [0.29, 0.717) is 38.4 Å². The maximum absolute atomic E-state index is 11.7. The van der Waals surface area contributed by atoms with Gasteiger partial charge in [-0.25, -0.2) is 0 Å². The second kappa shape index (κ2) is 5.32. The quantitative estimate of drug-likeness (QED) is 0.669. The third-order valence-corrected chi connectivity index (χ3v) is 2.89. The molecule has 1 aliphatic heterocycles. The highest BCUT2D eigenvalue weighted by Gasteiger charge is 2.25. The number of carbonyl (C=O) groups excluding carboxylic acids is 1. The SMILES string of the molecule is CCC(CN)CC(=O)N1CC[C@H](O)C1. The predicted molar refractivity (Wildman–Crippen MR) is 54.7 cm³/mol. The number of aliphatic hydroxyl groups is 1. The van der Waals surface area contributed by atoms with Crippen LogP contribution in [0, 0.1) is 5.92 Å². The molecule has 2 atom stereocenters. The lowest BCUT2D eigenvalue weighted by atomic mass is 10.0. The van der Waals surface area contributed by atoms with Crippen LogP contribution in [0.4, 0.5) is 0 Å². The summed E-state index contributed by atoms with van der Waals surface area (Å²) in [6, 6.07) is 0. The molecule has 14 heavy (non-hydrogen) atoms. The fourth-order valence-electron chi connectivity index (χ4n) is 1.74. The van der Waals surface area contributed by atoms with Crippen LogP contribution >= 0.6 is 0 Å². The molecule has 1 heterocycles. The molecule has 4 heteroatoms. The molecule has 0 aromatic carbocycles. The first-order valence-electron chi connectivity index (χ1n) is 5.33. The smallest absolute Gasteiger partial charge is 0.222 e. The van der Waals surface area contributed by atoms with Crippen molar-refractivity contribution in [2.24, 2.45) is 11.7 Å². The summed E-state index contributed by atoms with van der Waals surface area (Å²) in [6.07, 6.45) is 1.86. The Morgan fingerprint density at radius 1 is 1.71 bits per heavy atom. The third-order valence-electron chi connectivity index (χ3n) is 2.89. The van der Waals surface area contributed by atoms with E-state index in [2.05, 4.69) is 0 Å². The zero-order valence-corrected chi connectivity index (χ0v) is 8.78. The van der Waals surface area contributed by atoms with Gasteiger partial charge in [0.1, 0.15) is 0 Å². The number of amides is 1. The summed E-state index contributed by atoms with van der Waals surface area (Å²) in [5.74, 6) is 0.430. The molecule has 1 aliphatic rings. The number of hydrogen-bond acceptors (Lipinski definition) is 3. The first-order chi connectivity index (χ1) is 6.67. The van der Waals surface area contributed by atoms with Gasteiger partial charge in [0, 0.05) is 19.5 Å². The maximum atomic E-state index is 11.7. The van der Waals surface area contributed by atoms with Crippen LogP contribution in [-0.4, -0.2) is 41.7 Å². The van der Waals surface area contributed by atoms with Crippen molar-refractivity contribution in [1.82, 2.24) is 4.90 Å². The van der Waals surface area contributed by atoms with Gasteiger partial charge < -0.3 is 15.7 Å². The van der Waals surface area contributed by atoms with Gasteiger partial charge in [0.05, 0.1) is 6.10 Å². The number of likely N-dealkylation sites (tertiary alicyclic amines) is 1. The average Bonchev–Trinajstić information content (AvgIpc) is 2.61. The molecule has 1 fully saturated rings. The Hall–Kier alpha value is -0.610. The van der Waals surface area contributed by atoms with Gasteiger partial charge in [-0.05, 0) is 18.9 Å². The lowest BCUT2D eigenvalue weighted by molar-refractivity contribution is -0.131. The Balaban J connectivity index is 2.34. The Morgan fingerprint density at radius 3 is 2.86 bits per heavy atom. The first kappa shape index (κ1) is 11.5. The van der Waals surface area contributed by atoms with E-state index < -0.39 is 0 Å². The van der Waals surface area contributed by atoms with Crippen molar-refractivity contribution in [2.45, 2.75) is 32.3 Å². The zero-order chi connectivity index (χ0) is 10.6. The fraction of sp³-hybridized carbons (Fsp3) is 0.900. The van der Waals surface area contributed by atoms with Crippen LogP contribution in [-0.2, 0) is 4.79 Å². The van der Waals surface area contributed by atoms with Crippen molar-refractivity contribution in [3.8, 4) is 0 Å². The van der Waals surface area contributed by atoms with Crippen LogP contribution in [0.3, 0.4) is 0 Å². The number of β-amino-alcohol motifs (C(OH)–C–C–N with tert-alkyl or cyclic N) is 1. The fourth-order valence-corrected chi connectivity index (χ4v) is 1.74. The van der Waals surface area contributed by atoms with E-state index in [1.807, 2.05) is 6.92 Å². The van der Waals surface area contributed by atoms with Gasteiger partial charge in [-0.15, -0.1) is 0 Å². The molecule has 1 unspecified atom stereocenters. The van der Waals surface area contributed by atoms with Crippen LogP contribution in [0.1, 0.15) is 26.2 Å². The maximum Gasteiger partial charge on any atom is 0.222 e. The van der Waals surface area contributed by atoms with Crippen molar-refractivity contribution >= 4 is 5.91 Å². The molecule has 0 aliphatic carbocycles. The molecular formula is C10H20N2O2.